The molecular formula is C23H27N3O3. The van der Waals surface area contributed by atoms with E-state index in [0.717, 1.165) is 34.2 Å². The summed E-state index contributed by atoms with van der Waals surface area (Å²) in [5, 5.41) is 9.72. The molecule has 2 atom stereocenters. The SMILES string of the molecule is COc1ccc2cc(CNC(=O)[C@H]3CCO[C@@H]3c3ccnn3C(C)C)ccc2c1. The largest absolute Gasteiger partial charge is 0.497 e. The number of carbonyl (C=O) groups excluding carboxylic acids is 1. The molecule has 6 nitrogen and oxygen atoms in total. The lowest BCUT2D eigenvalue weighted by Crippen LogP contribution is -2.32. The van der Waals surface area contributed by atoms with E-state index in [2.05, 4.69) is 36.4 Å². The zero-order chi connectivity index (χ0) is 20.4. The van der Waals surface area contributed by atoms with Gasteiger partial charge in [0.05, 0.1) is 18.7 Å². The number of methoxy groups -OCH3 is 1. The minimum atomic E-state index is -0.246. The molecule has 3 aromatic rings. The van der Waals surface area contributed by atoms with Gasteiger partial charge in [-0.15, -0.1) is 0 Å². The molecule has 0 unspecified atom stereocenters. The maximum Gasteiger partial charge on any atom is 0.226 e. The van der Waals surface area contributed by atoms with Gasteiger partial charge in [0, 0.05) is 25.4 Å². The van der Waals surface area contributed by atoms with Gasteiger partial charge in [-0.3, -0.25) is 9.48 Å². The highest BCUT2D eigenvalue weighted by atomic mass is 16.5. The van der Waals surface area contributed by atoms with Crippen LogP contribution in [0.1, 0.15) is 43.7 Å². The molecule has 1 fully saturated rings. The van der Waals surface area contributed by atoms with Gasteiger partial charge in [-0.05, 0) is 60.9 Å². The molecule has 0 saturated carbocycles. The van der Waals surface area contributed by atoms with Crippen molar-refractivity contribution < 1.29 is 14.3 Å². The fourth-order valence-corrected chi connectivity index (χ4v) is 3.96. The normalized spacial score (nSPS) is 19.0. The van der Waals surface area contributed by atoms with Gasteiger partial charge in [-0.2, -0.15) is 5.10 Å². The average Bonchev–Trinajstić information content (AvgIpc) is 3.40. The number of carbonyl (C=O) groups is 1. The third kappa shape index (κ3) is 3.98. The quantitative estimate of drug-likeness (QED) is 0.687. The molecular weight excluding hydrogens is 366 g/mol. The number of amides is 1. The monoisotopic (exact) mass is 393 g/mol. The number of ether oxygens (including phenoxy) is 2. The Morgan fingerprint density at radius 2 is 2.03 bits per heavy atom. The van der Waals surface area contributed by atoms with Crippen molar-refractivity contribution in [3.63, 3.8) is 0 Å². The van der Waals surface area contributed by atoms with Crippen molar-refractivity contribution in [3.05, 3.63) is 59.9 Å². The van der Waals surface area contributed by atoms with Gasteiger partial charge in [0.2, 0.25) is 5.91 Å². The fraction of sp³-hybridized carbons (Fsp3) is 0.391. The molecule has 0 radical (unpaired) electrons. The summed E-state index contributed by atoms with van der Waals surface area (Å²) in [4.78, 5) is 12.9. The number of nitrogens with one attached hydrogen (secondary N) is 1. The van der Waals surface area contributed by atoms with E-state index in [0.29, 0.717) is 13.2 Å². The molecule has 0 aliphatic carbocycles. The van der Waals surface area contributed by atoms with Gasteiger partial charge < -0.3 is 14.8 Å². The van der Waals surface area contributed by atoms with E-state index in [1.54, 1.807) is 13.3 Å². The molecule has 4 rings (SSSR count). The van der Waals surface area contributed by atoms with Gasteiger partial charge in [0.1, 0.15) is 11.9 Å². The number of fused-ring (bicyclic) bond motifs is 1. The Labute approximate surface area is 170 Å². The maximum absolute atomic E-state index is 12.9. The lowest BCUT2D eigenvalue weighted by molar-refractivity contribution is -0.127. The molecule has 6 heteroatoms. The molecule has 29 heavy (non-hydrogen) atoms. The summed E-state index contributed by atoms with van der Waals surface area (Å²) < 4.78 is 13.1. The lowest BCUT2D eigenvalue weighted by atomic mass is 9.97. The summed E-state index contributed by atoms with van der Waals surface area (Å²) in [7, 11) is 1.67. The van der Waals surface area contributed by atoms with E-state index in [4.69, 9.17) is 9.47 Å². The highest BCUT2D eigenvalue weighted by molar-refractivity contribution is 5.85. The Hall–Kier alpha value is -2.86. The van der Waals surface area contributed by atoms with Gasteiger partial charge in [-0.25, -0.2) is 0 Å². The smallest absolute Gasteiger partial charge is 0.226 e. The third-order valence-electron chi connectivity index (χ3n) is 5.49. The zero-order valence-corrected chi connectivity index (χ0v) is 17.1. The van der Waals surface area contributed by atoms with E-state index in [1.165, 1.54) is 0 Å². The summed E-state index contributed by atoms with van der Waals surface area (Å²) in [5.41, 5.74) is 2.04. The summed E-state index contributed by atoms with van der Waals surface area (Å²) in [6.45, 7) is 5.24. The van der Waals surface area contributed by atoms with Crippen LogP contribution in [-0.4, -0.2) is 29.4 Å². The molecule has 2 aromatic carbocycles. The molecule has 1 aromatic heterocycles. The Bertz CT molecular complexity index is 1010. The topological polar surface area (TPSA) is 65.4 Å². The second-order valence-electron chi connectivity index (χ2n) is 7.75. The first kappa shape index (κ1) is 19.5. The molecule has 0 bridgehead atoms. The zero-order valence-electron chi connectivity index (χ0n) is 17.1. The summed E-state index contributed by atoms with van der Waals surface area (Å²) in [6.07, 6.45) is 2.25. The van der Waals surface area contributed by atoms with Crippen LogP contribution in [-0.2, 0) is 16.1 Å². The Morgan fingerprint density at radius 1 is 1.24 bits per heavy atom. The van der Waals surface area contributed by atoms with Crippen molar-refractivity contribution in [2.45, 2.75) is 39.0 Å². The van der Waals surface area contributed by atoms with Crippen LogP contribution in [0.2, 0.25) is 0 Å². The predicted molar refractivity (Wildman–Crippen MR) is 112 cm³/mol. The number of nitrogens with zero attached hydrogens (tertiary/aromatic N) is 2. The number of benzene rings is 2. The second kappa shape index (κ2) is 8.25. The van der Waals surface area contributed by atoms with Crippen LogP contribution in [0.15, 0.2) is 48.7 Å². The van der Waals surface area contributed by atoms with Crippen LogP contribution in [0.3, 0.4) is 0 Å². The number of rotatable bonds is 6. The number of hydrogen-bond donors (Lipinski definition) is 1. The first-order chi connectivity index (χ1) is 14.1. The lowest BCUT2D eigenvalue weighted by Gasteiger charge is -2.21. The van der Waals surface area contributed by atoms with Crippen LogP contribution in [0.25, 0.3) is 10.8 Å². The van der Waals surface area contributed by atoms with Crippen molar-refractivity contribution in [2.75, 3.05) is 13.7 Å². The Morgan fingerprint density at radius 3 is 2.83 bits per heavy atom. The van der Waals surface area contributed by atoms with Gasteiger partial charge in [-0.1, -0.05) is 18.2 Å². The maximum atomic E-state index is 12.9. The average molecular weight is 393 g/mol. The third-order valence-corrected chi connectivity index (χ3v) is 5.49. The van der Waals surface area contributed by atoms with Crippen LogP contribution in [0.5, 0.6) is 5.75 Å². The van der Waals surface area contributed by atoms with Gasteiger partial charge in [0.25, 0.3) is 0 Å². The fourth-order valence-electron chi connectivity index (χ4n) is 3.96. The molecule has 2 heterocycles. The van der Waals surface area contributed by atoms with Crippen molar-refractivity contribution in [2.24, 2.45) is 5.92 Å². The minimum Gasteiger partial charge on any atom is -0.497 e. The molecule has 1 aliphatic heterocycles. The van der Waals surface area contributed by atoms with Crippen molar-refractivity contribution in [1.82, 2.24) is 15.1 Å². The first-order valence-corrected chi connectivity index (χ1v) is 10.1. The van der Waals surface area contributed by atoms with Gasteiger partial charge >= 0.3 is 0 Å². The molecule has 1 aliphatic rings. The van der Waals surface area contributed by atoms with Crippen LogP contribution >= 0.6 is 0 Å². The first-order valence-electron chi connectivity index (χ1n) is 10.1. The highest BCUT2D eigenvalue weighted by Crippen LogP contribution is 2.35. The van der Waals surface area contributed by atoms with E-state index in [1.807, 2.05) is 35.0 Å². The van der Waals surface area contributed by atoms with E-state index in [-0.39, 0.29) is 24.0 Å². The highest BCUT2D eigenvalue weighted by Gasteiger charge is 2.37. The molecule has 152 valence electrons. The number of aromatic nitrogens is 2. The Balaban J connectivity index is 1.45. The van der Waals surface area contributed by atoms with E-state index < -0.39 is 0 Å². The summed E-state index contributed by atoms with van der Waals surface area (Å²) in [5.74, 6) is 0.666. The van der Waals surface area contributed by atoms with Gasteiger partial charge in [0.15, 0.2) is 0 Å². The minimum absolute atomic E-state index is 0.0267. The van der Waals surface area contributed by atoms with E-state index in [9.17, 15) is 4.79 Å². The van der Waals surface area contributed by atoms with E-state index >= 15 is 0 Å². The number of hydrogen-bond acceptors (Lipinski definition) is 4. The molecule has 0 spiro atoms. The molecule has 1 saturated heterocycles. The van der Waals surface area contributed by atoms with Crippen molar-refractivity contribution >= 4 is 16.7 Å². The van der Waals surface area contributed by atoms with Crippen LogP contribution in [0.4, 0.5) is 0 Å². The van der Waals surface area contributed by atoms with Crippen LogP contribution in [0, 0.1) is 5.92 Å². The predicted octanol–water partition coefficient (Wildman–Crippen LogP) is 4.02. The summed E-state index contributed by atoms with van der Waals surface area (Å²) >= 11 is 0. The second-order valence-corrected chi connectivity index (χ2v) is 7.75. The standard InChI is InChI=1S/C23H27N3O3/c1-15(2)26-21(8-10-25-26)22-20(9-11-29-22)23(27)24-14-16-4-5-18-13-19(28-3)7-6-17(18)12-16/h4-8,10,12-13,15,20,22H,9,11,14H2,1-3H3,(H,24,27)/t20-,22-/m0/s1. The molecule has 1 N–H and O–H groups in total. The molecule has 1 amide bonds. The Kier molecular flexibility index (Phi) is 5.53. The summed E-state index contributed by atoms with van der Waals surface area (Å²) in [6, 6.07) is 14.4. The van der Waals surface area contributed by atoms with Crippen LogP contribution < -0.4 is 10.1 Å². The van der Waals surface area contributed by atoms with Crippen molar-refractivity contribution in [3.8, 4) is 5.75 Å². The van der Waals surface area contributed by atoms with Crippen molar-refractivity contribution in [1.29, 1.82) is 0 Å².